The van der Waals surface area contributed by atoms with Gasteiger partial charge in [-0.15, -0.1) is 0 Å². The molecule has 4 N–H and O–H groups in total. The molecule has 3 fully saturated rings. The Morgan fingerprint density at radius 1 is 0.906 bits per heavy atom. The third kappa shape index (κ3) is 11.0. The van der Waals surface area contributed by atoms with Gasteiger partial charge < -0.3 is 30.0 Å². The monoisotopic (exact) mass is 743 g/mol. The number of alkyl carbamates (subject to hydrolysis) is 1. The summed E-state index contributed by atoms with van der Waals surface area (Å²) in [7, 11) is 0. The Bertz CT molecular complexity index is 1630. The van der Waals surface area contributed by atoms with E-state index >= 15 is 0 Å². The standard InChI is InChI=1S/C38H51F2N5O8/c1-36(2,3)52-34(48)42-26-17-16-25(27-20-38(50,32(39)40)18-19-45(27)35(49)53-37(4,5)6)41-30(26)44-31(46)29(28(23-12-13-23)24-14-15-24)43-33(47)51-21-22-10-8-7-9-11-22/h7-11,16-17,23-24,27-29,32,50H,12-15,18-21H2,1-6H3,(H,42,48)(H,43,47)(H,41,44,46)/t27-,29-,38+/m0/s1. The van der Waals surface area contributed by atoms with Gasteiger partial charge in [0.05, 0.1) is 17.4 Å². The van der Waals surface area contributed by atoms with Crippen LogP contribution in [0.4, 0.5) is 34.7 Å². The van der Waals surface area contributed by atoms with Crippen molar-refractivity contribution < 1.29 is 47.3 Å². The smallest absolute Gasteiger partial charge is 0.412 e. The summed E-state index contributed by atoms with van der Waals surface area (Å²) < 4.78 is 44.8. The molecule has 13 nitrogen and oxygen atoms in total. The van der Waals surface area contributed by atoms with Crippen molar-refractivity contribution in [2.24, 2.45) is 17.8 Å². The molecule has 2 aromatic rings. The van der Waals surface area contributed by atoms with Crippen molar-refractivity contribution in [3.8, 4) is 0 Å². The summed E-state index contributed by atoms with van der Waals surface area (Å²) in [6, 6.07) is 9.69. The van der Waals surface area contributed by atoms with Gasteiger partial charge >= 0.3 is 18.3 Å². The zero-order valence-electron chi connectivity index (χ0n) is 31.1. The minimum Gasteiger partial charge on any atom is -0.445 e. The average Bonchev–Trinajstić information content (AvgIpc) is 3.99. The van der Waals surface area contributed by atoms with Crippen molar-refractivity contribution in [1.82, 2.24) is 15.2 Å². The number of rotatable bonds is 11. The molecule has 4 amide bonds. The van der Waals surface area contributed by atoms with Crippen molar-refractivity contribution in [1.29, 1.82) is 0 Å². The SMILES string of the molecule is CC(C)(C)OC(=O)Nc1ccc([C@@H]2C[C@@](O)(C(F)F)CCN2C(=O)OC(C)(C)C)nc1NC(=O)[C@@H](NC(=O)OCc1ccccc1)C(C1CC1)C1CC1. The van der Waals surface area contributed by atoms with Gasteiger partial charge in [0.15, 0.2) is 5.82 Å². The molecule has 2 aliphatic carbocycles. The summed E-state index contributed by atoms with van der Waals surface area (Å²) in [4.78, 5) is 59.6. The number of aromatic nitrogens is 1. The van der Waals surface area contributed by atoms with E-state index in [2.05, 4.69) is 20.9 Å². The molecular weight excluding hydrogens is 692 g/mol. The largest absolute Gasteiger partial charge is 0.445 e. The second-order valence-corrected chi connectivity index (χ2v) is 16.2. The number of likely N-dealkylation sites (tertiary alicyclic amines) is 1. The molecule has 1 aromatic heterocycles. The predicted octanol–water partition coefficient (Wildman–Crippen LogP) is 7.17. The molecule has 0 unspecified atom stereocenters. The van der Waals surface area contributed by atoms with E-state index in [1.807, 2.05) is 30.3 Å². The summed E-state index contributed by atoms with van der Waals surface area (Å²) in [5.41, 5.74) is -3.38. The van der Waals surface area contributed by atoms with Crippen LogP contribution in [0, 0.1) is 17.8 Å². The van der Waals surface area contributed by atoms with Crippen molar-refractivity contribution in [2.75, 3.05) is 17.2 Å². The first-order valence-electron chi connectivity index (χ1n) is 18.1. The average molecular weight is 744 g/mol. The third-order valence-corrected chi connectivity index (χ3v) is 9.36. The fourth-order valence-corrected chi connectivity index (χ4v) is 6.60. The van der Waals surface area contributed by atoms with Crippen LogP contribution in [0.15, 0.2) is 42.5 Å². The van der Waals surface area contributed by atoms with E-state index in [4.69, 9.17) is 14.2 Å². The minimum absolute atomic E-state index is 0.00735. The topological polar surface area (TPSA) is 168 Å². The lowest BCUT2D eigenvalue weighted by atomic mass is 9.85. The van der Waals surface area contributed by atoms with Gasteiger partial charge in [0.2, 0.25) is 5.91 Å². The fraction of sp³-hybridized carbons (Fsp3) is 0.605. The maximum atomic E-state index is 14.3. The lowest BCUT2D eigenvalue weighted by molar-refractivity contribution is -0.139. The van der Waals surface area contributed by atoms with Gasteiger partial charge in [-0.2, -0.15) is 0 Å². The maximum absolute atomic E-state index is 14.3. The quantitative estimate of drug-likeness (QED) is 0.175. The Morgan fingerprint density at radius 3 is 2.09 bits per heavy atom. The summed E-state index contributed by atoms with van der Waals surface area (Å²) in [5.74, 6) is -0.569. The number of aliphatic hydroxyl groups is 1. The molecule has 3 aliphatic rings. The number of halogens is 2. The summed E-state index contributed by atoms with van der Waals surface area (Å²) in [6.45, 7) is 9.77. The molecular formula is C38H51F2N5O8. The number of pyridine rings is 1. The first-order valence-corrected chi connectivity index (χ1v) is 18.1. The number of anilines is 2. The molecule has 3 atom stereocenters. The van der Waals surface area contributed by atoms with E-state index in [1.165, 1.54) is 17.0 Å². The minimum atomic E-state index is -3.12. The Hall–Kier alpha value is -4.53. The first-order chi connectivity index (χ1) is 24.8. The number of hydrogen-bond donors (Lipinski definition) is 4. The first kappa shape index (κ1) is 39.7. The number of carbonyl (C=O) groups is 4. The number of carbonyl (C=O) groups excluding carboxylic acids is 4. The van der Waals surface area contributed by atoms with Crippen LogP contribution in [-0.2, 0) is 25.6 Å². The number of amides is 4. The highest BCUT2D eigenvalue weighted by Crippen LogP contribution is 2.51. The number of piperidine rings is 1. The van der Waals surface area contributed by atoms with Crippen LogP contribution in [0.25, 0.3) is 0 Å². The van der Waals surface area contributed by atoms with Crippen LogP contribution in [-0.4, -0.2) is 75.0 Å². The number of ether oxygens (including phenoxy) is 3. The molecule has 0 radical (unpaired) electrons. The van der Waals surface area contributed by atoms with Crippen LogP contribution in [0.3, 0.4) is 0 Å². The van der Waals surface area contributed by atoms with Crippen LogP contribution in [0.1, 0.15) is 97.4 Å². The van der Waals surface area contributed by atoms with E-state index in [1.54, 1.807) is 41.5 Å². The third-order valence-electron chi connectivity index (χ3n) is 9.36. The van der Waals surface area contributed by atoms with Crippen molar-refractivity contribution >= 4 is 35.7 Å². The van der Waals surface area contributed by atoms with Crippen molar-refractivity contribution in [3.63, 3.8) is 0 Å². The maximum Gasteiger partial charge on any atom is 0.412 e. The number of alkyl halides is 2. The van der Waals surface area contributed by atoms with E-state index in [0.29, 0.717) is 0 Å². The molecule has 2 saturated carbocycles. The highest BCUT2D eigenvalue weighted by molar-refractivity contribution is 6.00. The molecule has 15 heteroatoms. The Kier molecular flexibility index (Phi) is 11.8. The zero-order chi connectivity index (χ0) is 38.7. The Morgan fingerprint density at radius 2 is 1.53 bits per heavy atom. The lowest BCUT2D eigenvalue weighted by Gasteiger charge is -2.43. The van der Waals surface area contributed by atoms with E-state index in [0.717, 1.165) is 31.2 Å². The lowest BCUT2D eigenvalue weighted by Crippen LogP contribution is -2.53. The molecule has 1 aliphatic heterocycles. The number of benzene rings is 1. The zero-order valence-corrected chi connectivity index (χ0v) is 31.1. The van der Waals surface area contributed by atoms with Crippen LogP contribution < -0.4 is 16.0 Å². The van der Waals surface area contributed by atoms with E-state index in [-0.39, 0.29) is 48.1 Å². The molecule has 53 heavy (non-hydrogen) atoms. The van der Waals surface area contributed by atoms with Gasteiger partial charge in [-0.1, -0.05) is 30.3 Å². The van der Waals surface area contributed by atoms with Gasteiger partial charge in [-0.25, -0.2) is 28.1 Å². The summed E-state index contributed by atoms with van der Waals surface area (Å²) >= 11 is 0. The van der Waals surface area contributed by atoms with Gasteiger partial charge in [-0.3, -0.25) is 15.0 Å². The van der Waals surface area contributed by atoms with Gasteiger partial charge in [0, 0.05) is 13.0 Å². The fourth-order valence-electron chi connectivity index (χ4n) is 6.60. The number of nitrogens with zero attached hydrogens (tertiary/aromatic N) is 2. The molecule has 1 aromatic carbocycles. The van der Waals surface area contributed by atoms with Crippen molar-refractivity contribution in [2.45, 2.75) is 122 Å². The highest BCUT2D eigenvalue weighted by Gasteiger charge is 2.50. The molecule has 0 spiro atoms. The van der Waals surface area contributed by atoms with Gasteiger partial charge in [0.1, 0.15) is 29.5 Å². The van der Waals surface area contributed by atoms with Gasteiger partial charge in [-0.05, 0) is 109 Å². The molecule has 5 rings (SSSR count). The van der Waals surface area contributed by atoms with Gasteiger partial charge in [0.25, 0.3) is 6.43 Å². The second-order valence-electron chi connectivity index (χ2n) is 16.2. The number of nitrogens with one attached hydrogen (secondary N) is 3. The van der Waals surface area contributed by atoms with Crippen LogP contribution in [0.5, 0.6) is 0 Å². The van der Waals surface area contributed by atoms with E-state index in [9.17, 15) is 33.1 Å². The van der Waals surface area contributed by atoms with E-state index < -0.39 is 72.3 Å². The second kappa shape index (κ2) is 15.8. The molecule has 2 heterocycles. The molecule has 0 bridgehead atoms. The van der Waals surface area contributed by atoms with Crippen LogP contribution in [0.2, 0.25) is 0 Å². The Balaban J connectivity index is 1.48. The normalized spacial score (nSPS) is 21.1. The highest BCUT2D eigenvalue weighted by atomic mass is 19.3. The Labute approximate surface area is 308 Å². The molecule has 1 saturated heterocycles. The molecule has 290 valence electrons. The van der Waals surface area contributed by atoms with Crippen LogP contribution >= 0.6 is 0 Å². The predicted molar refractivity (Wildman–Crippen MR) is 191 cm³/mol. The van der Waals surface area contributed by atoms with Crippen molar-refractivity contribution in [3.05, 3.63) is 53.7 Å². The number of hydrogen-bond acceptors (Lipinski definition) is 9. The summed E-state index contributed by atoms with van der Waals surface area (Å²) in [5, 5.41) is 19.1. The summed E-state index contributed by atoms with van der Waals surface area (Å²) in [6.07, 6.45) is -2.91.